The highest BCUT2D eigenvalue weighted by atomic mass is 16.5. The van der Waals surface area contributed by atoms with E-state index in [0.717, 1.165) is 16.7 Å². The number of Topliss-reactive ketones (excluding diaryl/α,β-unsaturated/α-hetero) is 1. The molecular weight excluding hydrogens is 304 g/mol. The van der Waals surface area contributed by atoms with Crippen LogP contribution in [-0.2, 0) is 4.79 Å². The Morgan fingerprint density at radius 1 is 1.08 bits per heavy atom. The zero-order valence-corrected chi connectivity index (χ0v) is 13.9. The first-order valence-corrected chi connectivity index (χ1v) is 7.73. The van der Waals surface area contributed by atoms with Crippen LogP contribution in [0.3, 0.4) is 0 Å². The number of ketones is 1. The van der Waals surface area contributed by atoms with Crippen molar-refractivity contribution in [2.45, 2.75) is 20.8 Å². The second-order valence-electron chi connectivity index (χ2n) is 5.88. The van der Waals surface area contributed by atoms with Crippen molar-refractivity contribution in [1.29, 1.82) is 0 Å². The Balaban J connectivity index is 2.31. The van der Waals surface area contributed by atoms with Crippen molar-refractivity contribution >= 4 is 16.8 Å². The third-order valence-electron chi connectivity index (χ3n) is 3.92. The largest absolute Gasteiger partial charge is 0.478 e. The summed E-state index contributed by atoms with van der Waals surface area (Å²) < 4.78 is 11.5. The molecule has 0 bridgehead atoms. The van der Waals surface area contributed by atoms with Crippen LogP contribution in [0.5, 0.6) is 5.75 Å². The Morgan fingerprint density at radius 2 is 1.75 bits per heavy atom. The van der Waals surface area contributed by atoms with Crippen LogP contribution in [0.4, 0.5) is 0 Å². The predicted molar refractivity (Wildman–Crippen MR) is 93.6 cm³/mol. The molecular formula is C20H18O4. The van der Waals surface area contributed by atoms with Crippen molar-refractivity contribution in [2.75, 3.05) is 6.61 Å². The maximum atomic E-state index is 12.9. The lowest BCUT2D eigenvalue weighted by Gasteiger charge is -2.12. The molecule has 3 aromatic rings. The number of hydrogen-bond acceptors (Lipinski definition) is 4. The summed E-state index contributed by atoms with van der Waals surface area (Å²) >= 11 is 0. The summed E-state index contributed by atoms with van der Waals surface area (Å²) in [4.78, 5) is 24.2. The smallest absolute Gasteiger partial charge is 0.235 e. The molecule has 0 aliphatic heterocycles. The monoisotopic (exact) mass is 322 g/mol. The summed E-state index contributed by atoms with van der Waals surface area (Å²) in [5.41, 5.74) is 3.02. The third kappa shape index (κ3) is 2.95. The van der Waals surface area contributed by atoms with Gasteiger partial charge < -0.3 is 9.15 Å². The fourth-order valence-electron chi connectivity index (χ4n) is 2.52. The predicted octanol–water partition coefficient (Wildman–Crippen LogP) is 4.04. The number of ether oxygens (including phenoxy) is 1. The van der Waals surface area contributed by atoms with Crippen molar-refractivity contribution in [3.05, 3.63) is 63.8 Å². The number of rotatable bonds is 4. The van der Waals surface area contributed by atoms with Gasteiger partial charge in [0.05, 0.1) is 5.39 Å². The van der Waals surface area contributed by atoms with Gasteiger partial charge in [-0.2, -0.15) is 0 Å². The molecule has 0 aliphatic carbocycles. The number of hydrogen-bond donors (Lipinski definition) is 0. The van der Waals surface area contributed by atoms with E-state index in [2.05, 4.69) is 0 Å². The minimum absolute atomic E-state index is 0.0761. The molecule has 0 unspecified atom stereocenters. The molecule has 0 spiro atoms. The summed E-state index contributed by atoms with van der Waals surface area (Å²) in [6.07, 6.45) is 0. The number of benzene rings is 2. The van der Waals surface area contributed by atoms with E-state index in [4.69, 9.17) is 9.15 Å². The summed E-state index contributed by atoms with van der Waals surface area (Å²) in [5.74, 6) is 0.262. The van der Waals surface area contributed by atoms with Crippen LogP contribution in [0.1, 0.15) is 18.1 Å². The summed E-state index contributed by atoms with van der Waals surface area (Å²) in [5, 5.41) is 0.455. The van der Waals surface area contributed by atoms with Crippen LogP contribution in [0.2, 0.25) is 0 Å². The highest BCUT2D eigenvalue weighted by molar-refractivity contribution is 5.84. The number of fused-ring (bicyclic) bond motifs is 1. The van der Waals surface area contributed by atoms with Crippen molar-refractivity contribution in [1.82, 2.24) is 0 Å². The zero-order chi connectivity index (χ0) is 17.3. The number of carbonyl (C=O) groups is 1. The molecule has 3 rings (SSSR count). The van der Waals surface area contributed by atoms with E-state index in [-0.39, 0.29) is 23.6 Å². The molecule has 24 heavy (non-hydrogen) atoms. The molecule has 0 amide bonds. The highest BCUT2D eigenvalue weighted by Crippen LogP contribution is 2.31. The van der Waals surface area contributed by atoms with Crippen molar-refractivity contribution in [3.63, 3.8) is 0 Å². The number of carbonyl (C=O) groups excluding carboxylic acids is 1. The van der Waals surface area contributed by atoms with Crippen molar-refractivity contribution in [2.24, 2.45) is 0 Å². The van der Waals surface area contributed by atoms with Crippen LogP contribution in [0, 0.1) is 13.8 Å². The highest BCUT2D eigenvalue weighted by Gasteiger charge is 2.18. The summed E-state index contributed by atoms with van der Waals surface area (Å²) in [6.45, 7) is 5.16. The quantitative estimate of drug-likeness (QED) is 0.727. The molecule has 4 nitrogen and oxygen atoms in total. The minimum Gasteiger partial charge on any atom is -0.478 e. The third-order valence-corrected chi connectivity index (χ3v) is 3.92. The molecule has 0 saturated carbocycles. The van der Waals surface area contributed by atoms with Gasteiger partial charge in [0.15, 0.2) is 11.5 Å². The maximum absolute atomic E-state index is 12.9. The lowest BCUT2D eigenvalue weighted by molar-refractivity contribution is -0.118. The molecule has 0 radical (unpaired) electrons. The van der Waals surface area contributed by atoms with E-state index in [9.17, 15) is 9.59 Å². The Bertz CT molecular complexity index is 968. The van der Waals surface area contributed by atoms with Gasteiger partial charge in [0.2, 0.25) is 11.2 Å². The van der Waals surface area contributed by atoms with Gasteiger partial charge in [-0.15, -0.1) is 0 Å². The Hall–Kier alpha value is -2.88. The van der Waals surface area contributed by atoms with Crippen LogP contribution in [-0.4, -0.2) is 12.4 Å². The minimum atomic E-state index is -0.264. The van der Waals surface area contributed by atoms with Gasteiger partial charge in [-0.05, 0) is 44.0 Å². The van der Waals surface area contributed by atoms with Crippen LogP contribution < -0.4 is 10.2 Å². The molecule has 1 heterocycles. The average molecular weight is 322 g/mol. The molecule has 0 fully saturated rings. The first kappa shape index (κ1) is 16.0. The van der Waals surface area contributed by atoms with E-state index in [1.54, 1.807) is 6.07 Å². The molecule has 122 valence electrons. The molecule has 0 atom stereocenters. The van der Waals surface area contributed by atoms with Crippen LogP contribution in [0.25, 0.3) is 22.3 Å². The van der Waals surface area contributed by atoms with Gasteiger partial charge in [0.25, 0.3) is 0 Å². The fraction of sp³-hybridized carbons (Fsp3) is 0.200. The first-order valence-electron chi connectivity index (χ1n) is 7.73. The molecule has 4 heteroatoms. The topological polar surface area (TPSA) is 56.5 Å². The molecule has 1 aromatic heterocycles. The van der Waals surface area contributed by atoms with Gasteiger partial charge in [-0.3, -0.25) is 9.59 Å². The average Bonchev–Trinajstić information content (AvgIpc) is 2.56. The van der Waals surface area contributed by atoms with E-state index >= 15 is 0 Å². The van der Waals surface area contributed by atoms with Gasteiger partial charge >= 0.3 is 0 Å². The summed E-state index contributed by atoms with van der Waals surface area (Å²) in [6, 6.07) is 12.9. The lowest BCUT2D eigenvalue weighted by atomic mass is 10.0. The van der Waals surface area contributed by atoms with Crippen LogP contribution >= 0.6 is 0 Å². The Morgan fingerprint density at radius 3 is 2.42 bits per heavy atom. The molecule has 2 aromatic carbocycles. The van der Waals surface area contributed by atoms with E-state index in [1.807, 2.05) is 50.2 Å². The second kappa shape index (κ2) is 6.32. The maximum Gasteiger partial charge on any atom is 0.235 e. The second-order valence-corrected chi connectivity index (χ2v) is 5.88. The van der Waals surface area contributed by atoms with Gasteiger partial charge in [-0.25, -0.2) is 0 Å². The molecule has 0 N–H and O–H groups in total. The van der Waals surface area contributed by atoms with E-state index in [1.165, 1.54) is 6.92 Å². The normalized spacial score (nSPS) is 10.8. The number of aryl methyl sites for hydroxylation is 2. The standard InChI is InChI=1S/C20H18O4/c1-12-9-16-17(10-13(12)2)24-19(15-7-5-4-6-8-15)20(18(16)22)23-11-14(3)21/h4-10H,11H2,1-3H3. The molecule has 0 saturated heterocycles. The zero-order valence-electron chi connectivity index (χ0n) is 13.9. The Labute approximate surface area is 139 Å². The van der Waals surface area contributed by atoms with Crippen molar-refractivity contribution in [3.8, 4) is 17.1 Å². The van der Waals surface area contributed by atoms with Crippen molar-refractivity contribution < 1.29 is 13.9 Å². The SMILES string of the molecule is CC(=O)COc1c(-c2ccccc2)oc2cc(C)c(C)cc2c1=O. The van der Waals surface area contributed by atoms with E-state index < -0.39 is 0 Å². The Kier molecular flexibility index (Phi) is 4.21. The summed E-state index contributed by atoms with van der Waals surface area (Å²) in [7, 11) is 0. The van der Waals surface area contributed by atoms with Gasteiger partial charge in [0, 0.05) is 5.56 Å². The van der Waals surface area contributed by atoms with Crippen LogP contribution in [0.15, 0.2) is 51.7 Å². The van der Waals surface area contributed by atoms with E-state index in [0.29, 0.717) is 16.7 Å². The lowest BCUT2D eigenvalue weighted by Crippen LogP contribution is -2.15. The molecule has 0 aliphatic rings. The first-order chi connectivity index (χ1) is 11.5. The van der Waals surface area contributed by atoms with Gasteiger partial charge in [0.1, 0.15) is 12.2 Å². The van der Waals surface area contributed by atoms with Gasteiger partial charge in [-0.1, -0.05) is 30.3 Å². The fourth-order valence-corrected chi connectivity index (χ4v) is 2.52.